The topological polar surface area (TPSA) is 52.6 Å². The normalized spacial score (nSPS) is 26.0. The predicted molar refractivity (Wildman–Crippen MR) is 88.0 cm³/mol. The maximum absolute atomic E-state index is 12.6. The van der Waals surface area contributed by atoms with Crippen molar-refractivity contribution in [3.8, 4) is 0 Å². The highest BCUT2D eigenvalue weighted by atomic mass is 32.1. The molecule has 2 unspecified atom stereocenters. The minimum atomic E-state index is -4.39. The van der Waals surface area contributed by atoms with E-state index < -0.39 is 11.9 Å². The number of alkyl halides is 3. The first-order valence-electron chi connectivity index (χ1n) is 8.09. The maximum atomic E-state index is 12.6. The van der Waals surface area contributed by atoms with Crippen LogP contribution in [-0.4, -0.2) is 48.1 Å². The minimum absolute atomic E-state index is 0.230. The van der Waals surface area contributed by atoms with Gasteiger partial charge >= 0.3 is 6.18 Å². The number of halogens is 3. The Morgan fingerprint density at radius 2 is 2.17 bits per heavy atom. The van der Waals surface area contributed by atoms with E-state index in [9.17, 15) is 13.2 Å². The van der Waals surface area contributed by atoms with Gasteiger partial charge in [0.1, 0.15) is 5.01 Å². The Bertz CT molecular complexity index is 596. The Morgan fingerprint density at radius 3 is 2.75 bits per heavy atom. The zero-order chi connectivity index (χ0) is 17.3. The SMILES string of the molecule is CN=C(NCc1nc(C(F)(F)F)cs1)NC1CN(C2CC2)CC1C. The van der Waals surface area contributed by atoms with E-state index in [0.717, 1.165) is 35.8 Å². The molecule has 134 valence electrons. The highest BCUT2D eigenvalue weighted by Crippen LogP contribution is 2.32. The van der Waals surface area contributed by atoms with E-state index in [4.69, 9.17) is 0 Å². The summed E-state index contributed by atoms with van der Waals surface area (Å²) < 4.78 is 37.7. The van der Waals surface area contributed by atoms with Crippen LogP contribution in [0.1, 0.15) is 30.5 Å². The van der Waals surface area contributed by atoms with Gasteiger partial charge in [-0.25, -0.2) is 4.98 Å². The summed E-state index contributed by atoms with van der Waals surface area (Å²) in [6.45, 7) is 4.51. The molecule has 9 heteroatoms. The summed E-state index contributed by atoms with van der Waals surface area (Å²) in [6.07, 6.45) is -1.81. The van der Waals surface area contributed by atoms with E-state index in [-0.39, 0.29) is 6.54 Å². The van der Waals surface area contributed by atoms with Crippen molar-refractivity contribution < 1.29 is 13.2 Å². The standard InChI is InChI=1S/C15H22F3N5S/c1-9-6-23(10-3-4-10)7-11(9)21-14(19-2)20-5-13-22-12(8-24-13)15(16,17)18/h8-11H,3-7H2,1-2H3,(H2,19,20,21). The van der Waals surface area contributed by atoms with Gasteiger partial charge in [-0.15, -0.1) is 11.3 Å². The van der Waals surface area contributed by atoms with Gasteiger partial charge in [-0.3, -0.25) is 9.89 Å². The van der Waals surface area contributed by atoms with Crippen molar-refractivity contribution in [1.82, 2.24) is 20.5 Å². The average Bonchev–Trinajstić information content (AvgIpc) is 3.14. The molecule has 1 aliphatic heterocycles. The van der Waals surface area contributed by atoms with Gasteiger partial charge in [-0.2, -0.15) is 13.2 Å². The number of hydrogen-bond acceptors (Lipinski definition) is 4. The quantitative estimate of drug-likeness (QED) is 0.638. The van der Waals surface area contributed by atoms with Gasteiger partial charge in [0.15, 0.2) is 11.7 Å². The zero-order valence-corrected chi connectivity index (χ0v) is 14.5. The second-order valence-electron chi connectivity index (χ2n) is 6.46. The Labute approximate surface area is 143 Å². The second-order valence-corrected chi connectivity index (χ2v) is 7.41. The molecule has 3 rings (SSSR count). The van der Waals surface area contributed by atoms with Crippen LogP contribution in [0.3, 0.4) is 0 Å². The Morgan fingerprint density at radius 1 is 1.42 bits per heavy atom. The number of nitrogens with zero attached hydrogens (tertiary/aromatic N) is 3. The van der Waals surface area contributed by atoms with Crippen molar-refractivity contribution in [2.24, 2.45) is 10.9 Å². The molecule has 1 saturated carbocycles. The van der Waals surface area contributed by atoms with Crippen LogP contribution in [-0.2, 0) is 12.7 Å². The molecular formula is C15H22F3N5S. The summed E-state index contributed by atoms with van der Waals surface area (Å²) in [4.78, 5) is 10.3. The molecule has 0 radical (unpaired) electrons. The number of aliphatic imine (C=N–C) groups is 1. The fraction of sp³-hybridized carbons (Fsp3) is 0.733. The van der Waals surface area contributed by atoms with Crippen LogP contribution in [0.4, 0.5) is 13.2 Å². The van der Waals surface area contributed by atoms with E-state index >= 15 is 0 Å². The summed E-state index contributed by atoms with van der Waals surface area (Å²) in [5, 5.41) is 7.88. The van der Waals surface area contributed by atoms with Gasteiger partial charge in [0.2, 0.25) is 0 Å². The van der Waals surface area contributed by atoms with Crippen LogP contribution >= 0.6 is 11.3 Å². The van der Waals surface area contributed by atoms with Crippen LogP contribution in [0.5, 0.6) is 0 Å². The second kappa shape index (κ2) is 6.87. The van der Waals surface area contributed by atoms with Gasteiger partial charge in [-0.05, 0) is 18.8 Å². The lowest BCUT2D eigenvalue weighted by molar-refractivity contribution is -0.140. The third-order valence-corrected chi connectivity index (χ3v) is 5.35. The molecule has 0 spiro atoms. The van der Waals surface area contributed by atoms with Gasteiger partial charge in [0.05, 0.1) is 6.54 Å². The Hall–Kier alpha value is -1.35. The summed E-state index contributed by atoms with van der Waals surface area (Å²) in [5.41, 5.74) is -0.836. The number of hydrogen-bond donors (Lipinski definition) is 2. The third-order valence-electron chi connectivity index (χ3n) is 4.50. The number of nitrogens with one attached hydrogen (secondary N) is 2. The lowest BCUT2D eigenvalue weighted by atomic mass is 10.1. The summed E-state index contributed by atoms with van der Waals surface area (Å²) >= 11 is 1.00. The smallest absolute Gasteiger partial charge is 0.352 e. The molecule has 24 heavy (non-hydrogen) atoms. The van der Waals surface area contributed by atoms with Gasteiger partial charge in [0.25, 0.3) is 0 Å². The monoisotopic (exact) mass is 361 g/mol. The molecule has 1 aromatic rings. The zero-order valence-electron chi connectivity index (χ0n) is 13.7. The first kappa shape index (κ1) is 17.5. The largest absolute Gasteiger partial charge is 0.434 e. The maximum Gasteiger partial charge on any atom is 0.434 e. The number of likely N-dealkylation sites (tertiary alicyclic amines) is 1. The van der Waals surface area contributed by atoms with Crippen LogP contribution < -0.4 is 10.6 Å². The van der Waals surface area contributed by atoms with E-state index in [1.165, 1.54) is 12.8 Å². The van der Waals surface area contributed by atoms with E-state index in [1.807, 2.05) is 0 Å². The molecule has 1 aromatic heterocycles. The van der Waals surface area contributed by atoms with E-state index in [2.05, 4.69) is 32.4 Å². The lowest BCUT2D eigenvalue weighted by Crippen LogP contribution is -2.46. The van der Waals surface area contributed by atoms with Crippen molar-refractivity contribution in [2.45, 2.75) is 44.6 Å². The molecule has 1 saturated heterocycles. The molecule has 2 N–H and O–H groups in total. The van der Waals surface area contributed by atoms with E-state index in [0.29, 0.717) is 22.9 Å². The number of thiazole rings is 1. The van der Waals surface area contributed by atoms with Crippen LogP contribution in [0, 0.1) is 5.92 Å². The van der Waals surface area contributed by atoms with Gasteiger partial charge in [0, 0.05) is 37.6 Å². The minimum Gasteiger partial charge on any atom is -0.352 e. The van der Waals surface area contributed by atoms with Crippen molar-refractivity contribution in [3.63, 3.8) is 0 Å². The van der Waals surface area contributed by atoms with Crippen LogP contribution in [0.25, 0.3) is 0 Å². The van der Waals surface area contributed by atoms with Gasteiger partial charge < -0.3 is 10.6 Å². The molecule has 5 nitrogen and oxygen atoms in total. The molecule has 2 fully saturated rings. The molecule has 0 amide bonds. The Balaban J connectivity index is 1.51. The lowest BCUT2D eigenvalue weighted by Gasteiger charge is -2.20. The molecule has 1 aliphatic carbocycles. The number of aromatic nitrogens is 1. The highest BCUT2D eigenvalue weighted by molar-refractivity contribution is 7.09. The van der Waals surface area contributed by atoms with Gasteiger partial charge in [-0.1, -0.05) is 6.92 Å². The molecule has 2 heterocycles. The average molecular weight is 361 g/mol. The summed E-state index contributed by atoms with van der Waals surface area (Å²) in [7, 11) is 1.66. The number of guanidine groups is 1. The Kier molecular flexibility index (Phi) is 5.00. The van der Waals surface area contributed by atoms with Crippen molar-refractivity contribution in [1.29, 1.82) is 0 Å². The highest BCUT2D eigenvalue weighted by Gasteiger charge is 2.38. The van der Waals surface area contributed by atoms with E-state index in [1.54, 1.807) is 7.05 Å². The summed E-state index contributed by atoms with van der Waals surface area (Å²) in [5.74, 6) is 1.12. The molecule has 2 aliphatic rings. The fourth-order valence-electron chi connectivity index (χ4n) is 2.98. The molecular weight excluding hydrogens is 339 g/mol. The third kappa shape index (κ3) is 4.18. The summed E-state index contributed by atoms with van der Waals surface area (Å²) in [6, 6.07) is 1.05. The molecule has 0 bridgehead atoms. The van der Waals surface area contributed by atoms with Crippen molar-refractivity contribution in [2.75, 3.05) is 20.1 Å². The fourth-order valence-corrected chi connectivity index (χ4v) is 3.72. The van der Waals surface area contributed by atoms with Crippen molar-refractivity contribution in [3.05, 3.63) is 16.1 Å². The first-order valence-corrected chi connectivity index (χ1v) is 8.97. The molecule has 2 atom stereocenters. The van der Waals surface area contributed by atoms with Crippen molar-refractivity contribution >= 4 is 17.3 Å². The van der Waals surface area contributed by atoms with Crippen LogP contribution in [0.2, 0.25) is 0 Å². The number of rotatable bonds is 4. The van der Waals surface area contributed by atoms with Crippen LogP contribution in [0.15, 0.2) is 10.4 Å². The first-order chi connectivity index (χ1) is 11.4. The molecule has 0 aromatic carbocycles. The predicted octanol–water partition coefficient (Wildman–Crippen LogP) is 2.31.